The Morgan fingerprint density at radius 1 is 0.284 bits per heavy atom. The molecule has 10 rings (SSSR count). The minimum atomic E-state index is -1.03. The van der Waals surface area contributed by atoms with Gasteiger partial charge in [-0.2, -0.15) is 20.4 Å². The first-order valence-electron chi connectivity index (χ1n) is 22.8. The molecule has 0 amide bonds. The summed E-state index contributed by atoms with van der Waals surface area (Å²) >= 11 is 0. The van der Waals surface area contributed by atoms with E-state index < -0.39 is 57.7 Å². The molecule has 424 valence electrons. The molecular formula is C58H54N12Ni3O8. The van der Waals surface area contributed by atoms with Gasteiger partial charge in [-0.1, -0.05) is 84.3 Å². The third-order valence-corrected chi connectivity index (χ3v) is 7.53. The molecule has 23 heteroatoms. The Morgan fingerprint density at radius 2 is 0.457 bits per heavy atom. The maximum atomic E-state index is 11.2. The second kappa shape index (κ2) is 55.0. The molecule has 10 aromatic rings. The molecule has 81 heavy (non-hydrogen) atoms. The number of phenols is 2. The maximum Gasteiger partial charge on any atom is 2.00 e. The van der Waals surface area contributed by atoms with Crippen molar-refractivity contribution >= 4 is 23.6 Å². The Kier molecular flexibility index (Phi) is 51.2. The molecule has 0 radical (unpaired) electrons. The number of aromatic hydroxyl groups is 2. The van der Waals surface area contributed by atoms with E-state index in [1.807, 2.05) is 146 Å². The van der Waals surface area contributed by atoms with Crippen molar-refractivity contribution in [3.63, 3.8) is 0 Å². The summed E-state index contributed by atoms with van der Waals surface area (Å²) in [5, 5.41) is 95.9. The molecule has 0 aliphatic carbocycles. The molecule has 0 unspecified atom stereocenters. The predicted molar refractivity (Wildman–Crippen MR) is 288 cm³/mol. The number of rotatable bonds is 4. The molecule has 8 heterocycles. The van der Waals surface area contributed by atoms with E-state index in [0.29, 0.717) is 0 Å². The summed E-state index contributed by atoms with van der Waals surface area (Å²) in [4.78, 5) is 30.3. The Hall–Kier alpha value is -9.80. The average Bonchev–Trinajstić information content (AvgIpc) is 3.51. The molecule has 2 N–H and O–H groups in total. The zero-order chi connectivity index (χ0) is 56.8. The summed E-state index contributed by atoms with van der Waals surface area (Å²) in [5.74, 6) is -5.67. The van der Waals surface area contributed by atoms with Gasteiger partial charge < -0.3 is 40.9 Å². The number of hydrogen-bond acceptors (Lipinski definition) is 20. The Morgan fingerprint density at radius 3 is 0.568 bits per heavy atom. The average molecular weight is 1220 g/mol. The zero-order valence-electron chi connectivity index (χ0n) is 43.2. The van der Waals surface area contributed by atoms with Crippen LogP contribution < -0.4 is 30.6 Å². The molecule has 0 bridgehead atoms. The monoisotopic (exact) mass is 1220 g/mol. The van der Waals surface area contributed by atoms with Crippen LogP contribution in [0.3, 0.4) is 0 Å². The van der Waals surface area contributed by atoms with Gasteiger partial charge in [-0.25, -0.2) is 0 Å². The van der Waals surface area contributed by atoms with Crippen LogP contribution in [0, 0.1) is 0 Å². The number of nitrogens with zero attached hydrogens (tertiary/aromatic N) is 12. The molecule has 2 aromatic carbocycles. The standard InChI is InChI=1S/2C9H10N2O4.8C5H5N.3Ni/c2*1-5(12)10-11-9(15)8-6(13)3-2-4-7(8)14;8*1-2-4-6-5-3-1;;;/h2*2-4,13-14H,1H3,(H,10,12)(H,11,15);8*1-5H;;;/q;;;;;;;;;;3*+2/p-6. The molecular weight excluding hydrogens is 1170 g/mol. The van der Waals surface area contributed by atoms with Gasteiger partial charge in [-0.3, -0.25) is 39.9 Å². The van der Waals surface area contributed by atoms with E-state index in [1.54, 1.807) is 99.1 Å². The molecule has 0 aliphatic heterocycles. The Balaban J connectivity index is -0.000000854. The van der Waals surface area contributed by atoms with Gasteiger partial charge in [0.25, 0.3) is 0 Å². The number of phenolic OH excluding ortho intramolecular Hbond substituents is 2. The zero-order valence-corrected chi connectivity index (χ0v) is 46.2. The summed E-state index contributed by atoms with van der Waals surface area (Å²) < 4.78 is 0. The van der Waals surface area contributed by atoms with Crippen LogP contribution in [0.15, 0.2) is 302 Å². The van der Waals surface area contributed by atoms with E-state index in [-0.39, 0.29) is 49.5 Å². The number of aromatic nitrogens is 8. The fraction of sp³-hybridized carbons (Fsp3) is 0.0345. The topological polar surface area (TPSA) is 331 Å². The minimum Gasteiger partial charge on any atom is -0.872 e. The SMILES string of the molecule is C/C([O-])=N/N=C(\[O-])c1c([O-])cccc1O.C/C([O-])=N/N=C(\[O-])c1c([O-])cccc1O.[Ni+2].[Ni+2].[Ni+2].c1ccncc1.c1ccncc1.c1ccncc1.c1ccncc1.c1ccncc1.c1ccncc1.c1ccncc1.c1ccncc1. The van der Waals surface area contributed by atoms with Crippen molar-refractivity contribution in [3.8, 4) is 23.0 Å². The van der Waals surface area contributed by atoms with Gasteiger partial charge in [0.15, 0.2) is 0 Å². The van der Waals surface area contributed by atoms with Crippen LogP contribution >= 0.6 is 0 Å². The molecule has 0 spiro atoms. The minimum absolute atomic E-state index is 0. The number of pyridine rings is 8. The van der Waals surface area contributed by atoms with Crippen LogP contribution in [0.5, 0.6) is 23.0 Å². The van der Waals surface area contributed by atoms with Crippen LogP contribution in [-0.4, -0.2) is 73.7 Å². The summed E-state index contributed by atoms with van der Waals surface area (Å²) in [5.41, 5.74) is -0.968. The second-order valence-electron chi connectivity index (χ2n) is 13.5. The van der Waals surface area contributed by atoms with Crippen molar-refractivity contribution < 1.29 is 90.3 Å². The molecule has 0 saturated carbocycles. The van der Waals surface area contributed by atoms with Crippen molar-refractivity contribution in [2.24, 2.45) is 20.4 Å². The van der Waals surface area contributed by atoms with Gasteiger partial charge in [0.1, 0.15) is 11.5 Å². The van der Waals surface area contributed by atoms with Crippen LogP contribution in [0.25, 0.3) is 0 Å². The van der Waals surface area contributed by atoms with Crippen LogP contribution in [-0.2, 0) is 49.5 Å². The molecule has 0 saturated heterocycles. The van der Waals surface area contributed by atoms with Crippen LogP contribution in [0.1, 0.15) is 25.0 Å². The van der Waals surface area contributed by atoms with Gasteiger partial charge in [0, 0.05) is 122 Å². The van der Waals surface area contributed by atoms with Crippen LogP contribution in [0.2, 0.25) is 0 Å². The second-order valence-corrected chi connectivity index (χ2v) is 13.5. The van der Waals surface area contributed by atoms with Gasteiger partial charge in [-0.15, -0.1) is 0 Å². The van der Waals surface area contributed by atoms with Crippen molar-refractivity contribution in [1.82, 2.24) is 39.9 Å². The van der Waals surface area contributed by atoms with Crippen LogP contribution in [0.4, 0.5) is 0 Å². The van der Waals surface area contributed by atoms with Gasteiger partial charge in [0.05, 0.1) is 0 Å². The van der Waals surface area contributed by atoms with E-state index in [9.17, 15) is 40.9 Å². The first-order chi connectivity index (χ1) is 38.0. The molecule has 0 aliphatic rings. The van der Waals surface area contributed by atoms with E-state index in [1.165, 1.54) is 24.3 Å². The largest absolute Gasteiger partial charge is 2.00 e. The smallest absolute Gasteiger partial charge is 0.872 e. The van der Waals surface area contributed by atoms with Crippen molar-refractivity contribution in [1.29, 1.82) is 0 Å². The van der Waals surface area contributed by atoms with Crippen molar-refractivity contribution in [2.75, 3.05) is 0 Å². The molecule has 0 atom stereocenters. The first kappa shape index (κ1) is 75.4. The van der Waals surface area contributed by atoms with Crippen molar-refractivity contribution in [2.45, 2.75) is 13.8 Å². The molecule has 8 aromatic heterocycles. The summed E-state index contributed by atoms with van der Waals surface area (Å²) in [6, 6.07) is 52.9. The fourth-order valence-corrected chi connectivity index (χ4v) is 4.30. The van der Waals surface area contributed by atoms with Gasteiger partial charge >= 0.3 is 49.5 Å². The van der Waals surface area contributed by atoms with E-state index in [2.05, 4.69) is 60.3 Å². The summed E-state index contributed by atoms with van der Waals surface area (Å²) in [6.07, 6.45) is 28.0. The number of benzene rings is 2. The van der Waals surface area contributed by atoms with E-state index in [4.69, 9.17) is 0 Å². The normalized spacial score (nSPS) is 9.51. The quantitative estimate of drug-likeness (QED) is 0.0992. The fourth-order valence-electron chi connectivity index (χ4n) is 4.30. The summed E-state index contributed by atoms with van der Waals surface area (Å²) in [6.45, 7) is 2.22. The Bertz CT molecular complexity index is 2300. The van der Waals surface area contributed by atoms with Gasteiger partial charge in [-0.05, 0) is 135 Å². The first-order valence-corrected chi connectivity index (χ1v) is 22.8. The maximum absolute atomic E-state index is 11.2. The predicted octanol–water partition coefficient (Wildman–Crippen LogP) is 5.18. The van der Waals surface area contributed by atoms with Gasteiger partial charge in [0.2, 0.25) is 0 Å². The Labute approximate surface area is 500 Å². The van der Waals surface area contributed by atoms with E-state index in [0.717, 1.165) is 26.0 Å². The summed E-state index contributed by atoms with van der Waals surface area (Å²) in [7, 11) is 0. The van der Waals surface area contributed by atoms with Crippen molar-refractivity contribution in [3.05, 3.63) is 292 Å². The number of hydrogen-bond donors (Lipinski definition) is 2. The van der Waals surface area contributed by atoms with E-state index >= 15 is 0 Å². The molecule has 0 fully saturated rings. The third-order valence-electron chi connectivity index (χ3n) is 7.53. The molecule has 20 nitrogen and oxygen atoms in total. The third kappa shape index (κ3) is 46.1.